The summed E-state index contributed by atoms with van der Waals surface area (Å²) in [6, 6.07) is 10.7. The highest BCUT2D eigenvalue weighted by Crippen LogP contribution is 2.29. The van der Waals surface area contributed by atoms with Gasteiger partial charge in [0.2, 0.25) is 17.6 Å². The van der Waals surface area contributed by atoms with Crippen LogP contribution in [-0.4, -0.2) is 47.5 Å². The monoisotopic (exact) mass is 435 g/mol. The number of amides is 4. The van der Waals surface area contributed by atoms with E-state index < -0.39 is 23.6 Å². The predicted molar refractivity (Wildman–Crippen MR) is 112 cm³/mol. The molecule has 2 N–H and O–H groups in total. The van der Waals surface area contributed by atoms with Crippen molar-refractivity contribution in [1.29, 1.82) is 0 Å². The molecule has 1 saturated heterocycles. The normalized spacial score (nSPS) is 17.6. The lowest BCUT2D eigenvalue weighted by molar-refractivity contribution is -0.136. The summed E-state index contributed by atoms with van der Waals surface area (Å²) in [5.41, 5.74) is 2.02. The Hall–Kier alpha value is -4.01. The number of rotatable bonds is 6. The van der Waals surface area contributed by atoms with Crippen LogP contribution in [0.2, 0.25) is 0 Å². The Morgan fingerprint density at radius 1 is 1.16 bits per heavy atom. The number of hydrogen-bond acceptors (Lipinski definition) is 6. The van der Waals surface area contributed by atoms with Crippen LogP contribution in [0.25, 0.3) is 0 Å². The molecule has 2 aliphatic heterocycles. The van der Waals surface area contributed by atoms with Crippen LogP contribution in [0.1, 0.15) is 44.7 Å². The molecule has 2 aromatic rings. The molecule has 32 heavy (non-hydrogen) atoms. The molecule has 4 rings (SSSR count). The van der Waals surface area contributed by atoms with E-state index in [9.17, 15) is 24.0 Å². The number of Topliss-reactive ketones (excluding diaryl/α,β-unsaturated/α-hetero) is 1. The second-order valence-corrected chi connectivity index (χ2v) is 7.59. The van der Waals surface area contributed by atoms with Gasteiger partial charge in [0.05, 0.1) is 7.11 Å². The fourth-order valence-corrected chi connectivity index (χ4v) is 3.97. The van der Waals surface area contributed by atoms with E-state index in [1.807, 2.05) is 0 Å². The van der Waals surface area contributed by atoms with Crippen LogP contribution in [0.5, 0.6) is 5.75 Å². The summed E-state index contributed by atoms with van der Waals surface area (Å²) in [7, 11) is 1.47. The lowest BCUT2D eigenvalue weighted by atomic mass is 10.0. The molecule has 1 fully saturated rings. The number of methoxy groups -OCH3 is 1. The molecule has 0 spiro atoms. The van der Waals surface area contributed by atoms with Crippen LogP contribution in [-0.2, 0) is 27.5 Å². The van der Waals surface area contributed by atoms with Gasteiger partial charge in [-0.2, -0.15) is 0 Å². The van der Waals surface area contributed by atoms with Crippen molar-refractivity contribution in [3.63, 3.8) is 0 Å². The molecule has 2 aliphatic rings. The number of benzene rings is 2. The molecule has 164 valence electrons. The summed E-state index contributed by atoms with van der Waals surface area (Å²) in [6.45, 7) is 0.241. The minimum Gasteiger partial charge on any atom is -0.497 e. The molecule has 4 amide bonds. The number of carbonyl (C=O) groups is 5. The van der Waals surface area contributed by atoms with E-state index in [0.717, 1.165) is 0 Å². The average molecular weight is 435 g/mol. The zero-order chi connectivity index (χ0) is 22.8. The fourth-order valence-electron chi connectivity index (χ4n) is 3.97. The second kappa shape index (κ2) is 8.62. The van der Waals surface area contributed by atoms with E-state index >= 15 is 0 Å². The van der Waals surface area contributed by atoms with Gasteiger partial charge in [-0.15, -0.1) is 0 Å². The molecule has 0 radical (unpaired) electrons. The van der Waals surface area contributed by atoms with Gasteiger partial charge in [0, 0.05) is 30.6 Å². The second-order valence-electron chi connectivity index (χ2n) is 7.59. The average Bonchev–Trinajstić information content (AvgIpc) is 3.13. The van der Waals surface area contributed by atoms with Crippen LogP contribution < -0.4 is 15.4 Å². The van der Waals surface area contributed by atoms with Crippen molar-refractivity contribution in [1.82, 2.24) is 15.5 Å². The largest absolute Gasteiger partial charge is 0.497 e. The third-order valence-electron chi connectivity index (χ3n) is 5.66. The third-order valence-corrected chi connectivity index (χ3v) is 5.66. The number of nitrogens with zero attached hydrogens (tertiary/aromatic N) is 1. The number of fused-ring (bicyclic) bond motifs is 1. The molecular weight excluding hydrogens is 414 g/mol. The first-order valence-electron chi connectivity index (χ1n) is 10.1. The van der Waals surface area contributed by atoms with Gasteiger partial charge in [-0.05, 0) is 35.7 Å². The van der Waals surface area contributed by atoms with Gasteiger partial charge in [-0.3, -0.25) is 29.3 Å². The minimum absolute atomic E-state index is 0.0498. The highest BCUT2D eigenvalue weighted by Gasteiger charge is 2.39. The highest BCUT2D eigenvalue weighted by atomic mass is 16.5. The standard InChI is InChI=1S/C23H21N3O6/c1-32-15-6-2-4-13(10-15)20(28)22(30)24-11-14-5-3-7-16-17(14)12-26(23(16)31)18-8-9-19(27)25-21(18)29/h2-7,10,18H,8-9,11-12H2,1H3,(H,24,30)(H,25,27,29). The fraction of sp³-hybridized carbons (Fsp3) is 0.261. The molecule has 1 atom stereocenters. The van der Waals surface area contributed by atoms with E-state index in [2.05, 4.69) is 10.6 Å². The van der Waals surface area contributed by atoms with Gasteiger partial charge < -0.3 is 15.0 Å². The van der Waals surface area contributed by atoms with Crippen molar-refractivity contribution < 1.29 is 28.7 Å². The maximum atomic E-state index is 12.9. The first-order valence-corrected chi connectivity index (χ1v) is 10.1. The quantitative estimate of drug-likeness (QED) is 0.396. The highest BCUT2D eigenvalue weighted by molar-refractivity contribution is 6.42. The lowest BCUT2D eigenvalue weighted by Gasteiger charge is -2.29. The first-order chi connectivity index (χ1) is 15.4. The van der Waals surface area contributed by atoms with Crippen LogP contribution in [0.4, 0.5) is 0 Å². The maximum absolute atomic E-state index is 12.9. The van der Waals surface area contributed by atoms with Crippen molar-refractivity contribution in [2.24, 2.45) is 0 Å². The molecule has 2 heterocycles. The van der Waals surface area contributed by atoms with Crippen LogP contribution in [0.3, 0.4) is 0 Å². The Morgan fingerprint density at radius 3 is 2.69 bits per heavy atom. The van der Waals surface area contributed by atoms with Gasteiger partial charge in [-0.25, -0.2) is 0 Å². The molecular formula is C23H21N3O6. The molecule has 2 aromatic carbocycles. The molecule has 0 bridgehead atoms. The van der Waals surface area contributed by atoms with Crippen LogP contribution in [0, 0.1) is 0 Å². The summed E-state index contributed by atoms with van der Waals surface area (Å²) in [6.07, 6.45) is 0.442. The topological polar surface area (TPSA) is 122 Å². The van der Waals surface area contributed by atoms with Gasteiger partial charge in [0.25, 0.3) is 11.8 Å². The number of nitrogens with one attached hydrogen (secondary N) is 2. The maximum Gasteiger partial charge on any atom is 0.292 e. The Bertz CT molecular complexity index is 1140. The predicted octanol–water partition coefficient (Wildman–Crippen LogP) is 0.955. The summed E-state index contributed by atoms with van der Waals surface area (Å²) in [5.74, 6) is -2.13. The van der Waals surface area contributed by atoms with Gasteiger partial charge >= 0.3 is 0 Å². The van der Waals surface area contributed by atoms with Gasteiger partial charge in [-0.1, -0.05) is 24.3 Å². The number of imide groups is 1. The third kappa shape index (κ3) is 3.96. The van der Waals surface area contributed by atoms with E-state index in [-0.39, 0.29) is 43.3 Å². The lowest BCUT2D eigenvalue weighted by Crippen LogP contribution is -2.52. The Balaban J connectivity index is 1.47. The summed E-state index contributed by atoms with van der Waals surface area (Å²) >= 11 is 0. The Labute approximate surface area is 183 Å². The number of ether oxygens (including phenoxy) is 1. The van der Waals surface area contributed by atoms with E-state index in [1.165, 1.54) is 24.1 Å². The first kappa shape index (κ1) is 21.2. The SMILES string of the molecule is COc1cccc(C(=O)C(=O)NCc2cccc3c2CN(C2CCC(=O)NC2=O)C3=O)c1. The van der Waals surface area contributed by atoms with E-state index in [0.29, 0.717) is 22.4 Å². The molecule has 9 nitrogen and oxygen atoms in total. The van der Waals surface area contributed by atoms with Crippen molar-refractivity contribution in [3.05, 3.63) is 64.7 Å². The number of hydrogen-bond donors (Lipinski definition) is 2. The zero-order valence-electron chi connectivity index (χ0n) is 17.3. The smallest absolute Gasteiger partial charge is 0.292 e. The Kier molecular flexibility index (Phi) is 5.72. The van der Waals surface area contributed by atoms with Gasteiger partial charge in [0.1, 0.15) is 11.8 Å². The van der Waals surface area contributed by atoms with Crippen LogP contribution >= 0.6 is 0 Å². The van der Waals surface area contributed by atoms with Crippen molar-refractivity contribution in [3.8, 4) is 5.75 Å². The molecule has 0 aliphatic carbocycles. The summed E-state index contributed by atoms with van der Waals surface area (Å²) in [4.78, 5) is 62.8. The van der Waals surface area contributed by atoms with E-state index in [4.69, 9.17) is 4.74 Å². The molecule has 1 unspecified atom stereocenters. The number of ketones is 1. The molecule has 0 saturated carbocycles. The van der Waals surface area contributed by atoms with Crippen molar-refractivity contribution >= 4 is 29.4 Å². The summed E-state index contributed by atoms with van der Waals surface area (Å²) < 4.78 is 5.08. The summed E-state index contributed by atoms with van der Waals surface area (Å²) in [5, 5.41) is 4.87. The van der Waals surface area contributed by atoms with E-state index in [1.54, 1.807) is 30.3 Å². The Morgan fingerprint density at radius 2 is 1.94 bits per heavy atom. The molecule has 0 aromatic heterocycles. The van der Waals surface area contributed by atoms with Crippen molar-refractivity contribution in [2.45, 2.75) is 32.0 Å². The number of piperidine rings is 1. The van der Waals surface area contributed by atoms with Gasteiger partial charge in [0.15, 0.2) is 0 Å². The number of carbonyl (C=O) groups excluding carboxylic acids is 5. The zero-order valence-corrected chi connectivity index (χ0v) is 17.3. The molecule has 9 heteroatoms. The van der Waals surface area contributed by atoms with Crippen molar-refractivity contribution in [2.75, 3.05) is 7.11 Å². The van der Waals surface area contributed by atoms with Crippen LogP contribution in [0.15, 0.2) is 42.5 Å². The minimum atomic E-state index is -0.776.